The summed E-state index contributed by atoms with van der Waals surface area (Å²) in [6, 6.07) is 1.62. The van der Waals surface area contributed by atoms with Gasteiger partial charge in [0.05, 0.1) is 10.6 Å². The van der Waals surface area contributed by atoms with E-state index in [2.05, 4.69) is 4.72 Å². The molecule has 0 heterocycles. The van der Waals surface area contributed by atoms with Crippen molar-refractivity contribution in [2.45, 2.75) is 43.3 Å². The van der Waals surface area contributed by atoms with Gasteiger partial charge in [-0.2, -0.15) is 13.2 Å². The predicted octanol–water partition coefficient (Wildman–Crippen LogP) is 3.19. The third-order valence-corrected chi connectivity index (χ3v) is 6.24. The van der Waals surface area contributed by atoms with Crippen LogP contribution in [0.4, 0.5) is 13.2 Å². The van der Waals surface area contributed by atoms with Gasteiger partial charge in [0.1, 0.15) is 4.90 Å². The Kier molecular flexibility index (Phi) is 5.02. The van der Waals surface area contributed by atoms with Crippen LogP contribution in [-0.4, -0.2) is 26.2 Å². The van der Waals surface area contributed by atoms with Crippen LogP contribution in [0.5, 0.6) is 0 Å². The minimum Gasteiger partial charge on any atom is -0.396 e. The average Bonchev–Trinajstić information content (AvgIpc) is 2.79. The topological polar surface area (TPSA) is 66.4 Å². The van der Waals surface area contributed by atoms with Crippen molar-refractivity contribution in [3.8, 4) is 0 Å². The summed E-state index contributed by atoms with van der Waals surface area (Å²) in [5.41, 5.74) is -1.72. The van der Waals surface area contributed by atoms with Crippen molar-refractivity contribution in [2.24, 2.45) is 5.41 Å². The highest BCUT2D eigenvalue weighted by Crippen LogP contribution is 2.39. The van der Waals surface area contributed by atoms with E-state index in [1.807, 2.05) is 0 Å². The molecular formula is C14H17ClF3NO3S. The highest BCUT2D eigenvalue weighted by atomic mass is 35.5. The molecule has 0 bridgehead atoms. The van der Waals surface area contributed by atoms with Crippen molar-refractivity contribution in [3.63, 3.8) is 0 Å². The number of aliphatic hydroxyl groups is 1. The molecule has 1 aromatic rings. The Hall–Kier alpha value is -0.830. The number of hydrogen-bond donors (Lipinski definition) is 2. The third-order valence-electron chi connectivity index (χ3n) is 4.29. The molecule has 4 nitrogen and oxygen atoms in total. The van der Waals surface area contributed by atoms with Crippen LogP contribution < -0.4 is 4.72 Å². The van der Waals surface area contributed by atoms with E-state index < -0.39 is 38.1 Å². The van der Waals surface area contributed by atoms with E-state index in [0.29, 0.717) is 18.9 Å². The van der Waals surface area contributed by atoms with Gasteiger partial charge in [0, 0.05) is 18.1 Å². The Bertz CT molecular complexity index is 693. The Labute approximate surface area is 137 Å². The lowest BCUT2D eigenvalue weighted by atomic mass is 9.86. The Morgan fingerprint density at radius 3 is 2.65 bits per heavy atom. The first kappa shape index (κ1) is 18.5. The quantitative estimate of drug-likeness (QED) is 0.854. The van der Waals surface area contributed by atoms with Crippen molar-refractivity contribution < 1.29 is 26.7 Å². The molecule has 1 fully saturated rings. The van der Waals surface area contributed by atoms with Crippen LogP contribution in [0.3, 0.4) is 0 Å². The van der Waals surface area contributed by atoms with Crippen molar-refractivity contribution in [1.82, 2.24) is 4.72 Å². The molecule has 130 valence electrons. The predicted molar refractivity (Wildman–Crippen MR) is 79.6 cm³/mol. The second kappa shape index (κ2) is 6.23. The highest BCUT2D eigenvalue weighted by Gasteiger charge is 2.41. The average molecular weight is 372 g/mol. The summed E-state index contributed by atoms with van der Waals surface area (Å²) >= 11 is 5.79. The molecule has 1 aromatic carbocycles. The standard InChI is InChI=1S/C14H17ClF3NO3S/c1-13(8-20)6-2-3-12(13)19-23(21,22)11-7-9(14(16,17)18)4-5-10(11)15/h4-5,7,12,19-20H,2-3,6,8H2,1H3. The molecule has 0 aromatic heterocycles. The summed E-state index contributed by atoms with van der Waals surface area (Å²) in [6.45, 7) is 1.53. The number of nitrogens with one attached hydrogen (secondary N) is 1. The summed E-state index contributed by atoms with van der Waals surface area (Å²) in [5, 5.41) is 9.18. The summed E-state index contributed by atoms with van der Waals surface area (Å²) in [4.78, 5) is -0.610. The fraction of sp³-hybridized carbons (Fsp3) is 0.571. The lowest BCUT2D eigenvalue weighted by Crippen LogP contribution is -2.44. The van der Waals surface area contributed by atoms with Crippen LogP contribution in [-0.2, 0) is 16.2 Å². The van der Waals surface area contributed by atoms with Gasteiger partial charge >= 0.3 is 6.18 Å². The Morgan fingerprint density at radius 1 is 1.43 bits per heavy atom. The number of sulfonamides is 1. The van der Waals surface area contributed by atoms with Crippen molar-refractivity contribution in [1.29, 1.82) is 0 Å². The maximum Gasteiger partial charge on any atom is 0.416 e. The van der Waals surface area contributed by atoms with E-state index in [9.17, 15) is 26.7 Å². The normalized spacial score (nSPS) is 25.7. The van der Waals surface area contributed by atoms with Crippen molar-refractivity contribution in [2.75, 3.05) is 6.61 Å². The van der Waals surface area contributed by atoms with Gasteiger partial charge < -0.3 is 5.11 Å². The molecular weight excluding hydrogens is 355 g/mol. The molecule has 1 saturated carbocycles. The van der Waals surface area contributed by atoms with Crippen molar-refractivity contribution in [3.05, 3.63) is 28.8 Å². The molecule has 23 heavy (non-hydrogen) atoms. The molecule has 0 amide bonds. The van der Waals surface area contributed by atoms with Gasteiger partial charge in [-0.3, -0.25) is 0 Å². The van der Waals surface area contributed by atoms with E-state index in [1.165, 1.54) is 0 Å². The van der Waals surface area contributed by atoms with Crippen LogP contribution in [0.25, 0.3) is 0 Å². The Morgan fingerprint density at radius 2 is 2.09 bits per heavy atom. The largest absolute Gasteiger partial charge is 0.416 e. The van der Waals surface area contributed by atoms with E-state index in [-0.39, 0.29) is 11.6 Å². The fourth-order valence-electron chi connectivity index (χ4n) is 2.76. The van der Waals surface area contributed by atoms with E-state index in [4.69, 9.17) is 11.6 Å². The molecule has 9 heteroatoms. The second-order valence-corrected chi connectivity index (χ2v) is 8.11. The molecule has 0 spiro atoms. The smallest absolute Gasteiger partial charge is 0.396 e. The van der Waals surface area contributed by atoms with Gasteiger partial charge in [-0.1, -0.05) is 24.9 Å². The first-order chi connectivity index (χ1) is 10.5. The Balaban J connectivity index is 2.37. The minimum absolute atomic E-state index is 0.212. The number of aliphatic hydroxyl groups excluding tert-OH is 1. The van der Waals surface area contributed by atoms with Crippen LogP contribution >= 0.6 is 11.6 Å². The van der Waals surface area contributed by atoms with Gasteiger partial charge in [0.25, 0.3) is 0 Å². The zero-order chi connectivity index (χ0) is 17.5. The van der Waals surface area contributed by atoms with Crippen LogP contribution in [0, 0.1) is 5.41 Å². The van der Waals surface area contributed by atoms with Gasteiger partial charge in [-0.25, -0.2) is 13.1 Å². The number of rotatable bonds is 4. The summed E-state index contributed by atoms with van der Waals surface area (Å²) < 4.78 is 65.6. The molecule has 2 atom stereocenters. The van der Waals surface area contributed by atoms with Gasteiger partial charge in [0.2, 0.25) is 10.0 Å². The highest BCUT2D eigenvalue weighted by molar-refractivity contribution is 7.89. The minimum atomic E-state index is -4.66. The molecule has 0 radical (unpaired) electrons. The SMILES string of the molecule is CC1(CO)CCCC1NS(=O)(=O)c1cc(C(F)(F)F)ccc1Cl. The lowest BCUT2D eigenvalue weighted by Gasteiger charge is -2.30. The number of hydrogen-bond acceptors (Lipinski definition) is 3. The molecule has 0 saturated heterocycles. The van der Waals surface area contributed by atoms with Crippen LogP contribution in [0.1, 0.15) is 31.7 Å². The van der Waals surface area contributed by atoms with E-state index >= 15 is 0 Å². The number of alkyl halides is 3. The molecule has 2 N–H and O–H groups in total. The maximum atomic E-state index is 12.8. The van der Waals surface area contributed by atoms with Crippen molar-refractivity contribution >= 4 is 21.6 Å². The lowest BCUT2D eigenvalue weighted by molar-refractivity contribution is -0.137. The van der Waals surface area contributed by atoms with Crippen LogP contribution in [0.15, 0.2) is 23.1 Å². The maximum absolute atomic E-state index is 12.8. The van der Waals surface area contributed by atoms with Crippen LogP contribution in [0.2, 0.25) is 5.02 Å². The van der Waals surface area contributed by atoms with Gasteiger partial charge in [0.15, 0.2) is 0 Å². The summed E-state index contributed by atoms with van der Waals surface area (Å²) in [6.07, 6.45) is -2.80. The van der Waals surface area contributed by atoms with Gasteiger partial charge in [-0.15, -0.1) is 0 Å². The summed E-state index contributed by atoms with van der Waals surface area (Å²) in [5.74, 6) is 0. The molecule has 2 unspecified atom stereocenters. The first-order valence-electron chi connectivity index (χ1n) is 6.99. The number of benzene rings is 1. The second-order valence-electron chi connectivity index (χ2n) is 6.02. The summed E-state index contributed by atoms with van der Waals surface area (Å²) in [7, 11) is -4.23. The van der Waals surface area contributed by atoms with Gasteiger partial charge in [-0.05, 0) is 31.0 Å². The number of halogens is 4. The van der Waals surface area contributed by atoms with E-state index in [0.717, 1.165) is 18.6 Å². The zero-order valence-electron chi connectivity index (χ0n) is 12.3. The molecule has 1 aliphatic rings. The van der Waals surface area contributed by atoms with E-state index in [1.54, 1.807) is 6.92 Å². The fourth-order valence-corrected chi connectivity index (χ4v) is 4.69. The third kappa shape index (κ3) is 3.81. The zero-order valence-corrected chi connectivity index (χ0v) is 13.9. The molecule has 1 aliphatic carbocycles. The first-order valence-corrected chi connectivity index (χ1v) is 8.86. The monoisotopic (exact) mass is 371 g/mol. The molecule has 2 rings (SSSR count). The molecule has 0 aliphatic heterocycles.